The van der Waals surface area contributed by atoms with Crippen LogP contribution in [-0.4, -0.2) is 32.4 Å². The molecule has 0 unspecified atom stereocenters. The minimum absolute atomic E-state index is 0.0117. The summed E-state index contributed by atoms with van der Waals surface area (Å²) in [7, 11) is 0. The van der Waals surface area contributed by atoms with Crippen LogP contribution < -0.4 is 5.32 Å². The van der Waals surface area contributed by atoms with Gasteiger partial charge in [-0.25, -0.2) is 13.8 Å². The van der Waals surface area contributed by atoms with Crippen molar-refractivity contribution in [1.29, 1.82) is 0 Å². The van der Waals surface area contributed by atoms with Gasteiger partial charge in [0, 0.05) is 24.2 Å². The van der Waals surface area contributed by atoms with Crippen LogP contribution >= 0.6 is 0 Å². The van der Waals surface area contributed by atoms with E-state index in [0.29, 0.717) is 42.0 Å². The summed E-state index contributed by atoms with van der Waals surface area (Å²) >= 11 is 0. The molecule has 0 saturated carbocycles. The largest absolute Gasteiger partial charge is 0.481 e. The molecular weight excluding hydrogens is 474 g/mol. The third-order valence-corrected chi connectivity index (χ3v) is 6.41. The molecule has 0 aliphatic rings. The van der Waals surface area contributed by atoms with E-state index in [-0.39, 0.29) is 12.1 Å². The molecule has 0 amide bonds. The molecule has 2 N–H and O–H groups in total. The van der Waals surface area contributed by atoms with E-state index in [2.05, 4.69) is 15.4 Å². The van der Waals surface area contributed by atoms with E-state index in [4.69, 9.17) is 0 Å². The van der Waals surface area contributed by atoms with Crippen LogP contribution in [0.2, 0.25) is 0 Å². The predicted octanol–water partition coefficient (Wildman–Crippen LogP) is 5.72. The van der Waals surface area contributed by atoms with Crippen LogP contribution in [0, 0.1) is 17.0 Å². The van der Waals surface area contributed by atoms with E-state index in [0.717, 1.165) is 12.0 Å². The summed E-state index contributed by atoms with van der Waals surface area (Å²) < 4.78 is 31.3. The summed E-state index contributed by atoms with van der Waals surface area (Å²) in [6.07, 6.45) is 2.73. The molecule has 37 heavy (non-hydrogen) atoms. The molecule has 3 aromatic carbocycles. The number of carboxylic acid groups (broad SMARTS) is 1. The third kappa shape index (κ3) is 6.65. The summed E-state index contributed by atoms with van der Waals surface area (Å²) in [6, 6.07) is 19.8. The zero-order valence-electron chi connectivity index (χ0n) is 20.9. The van der Waals surface area contributed by atoms with E-state index in [1.54, 1.807) is 43.1 Å². The van der Waals surface area contributed by atoms with Gasteiger partial charge in [-0.3, -0.25) is 9.48 Å². The van der Waals surface area contributed by atoms with E-state index in [1.165, 1.54) is 12.1 Å². The molecule has 0 spiro atoms. The van der Waals surface area contributed by atoms with E-state index in [9.17, 15) is 18.7 Å². The molecule has 6 nitrogen and oxygen atoms in total. The summed E-state index contributed by atoms with van der Waals surface area (Å²) in [5.41, 5.74) is 2.06. The molecular formula is C29H30F2N4O2. The Kier molecular flexibility index (Phi) is 8.08. The maximum Gasteiger partial charge on any atom is 0.309 e. The Labute approximate surface area is 215 Å². The maximum absolute atomic E-state index is 14.9. The first-order valence-corrected chi connectivity index (χ1v) is 12.2. The number of carbonyl (C=O) groups is 1. The quantitative estimate of drug-likeness (QED) is 0.255. The molecule has 0 atom stereocenters. The van der Waals surface area contributed by atoms with Gasteiger partial charge in [0.2, 0.25) is 0 Å². The van der Waals surface area contributed by atoms with Crippen molar-refractivity contribution in [2.75, 3.05) is 6.54 Å². The standard InChI is InChI=1S/C29H30F2N4O2/c1-29(2,28(36)37)12-14-35-19-33-27(34-35)22-10-6-9-21(15-22)23-16-25(30)24(26(31)17-23)18-32-13-11-20-7-4-3-5-8-20/h3-10,15-17,19,32H,11-14,18H2,1-2H3,(H,36,37). The lowest BCUT2D eigenvalue weighted by molar-refractivity contribution is -0.147. The fraction of sp³-hybridized carbons (Fsp3) is 0.276. The van der Waals surface area contributed by atoms with Gasteiger partial charge < -0.3 is 10.4 Å². The van der Waals surface area contributed by atoms with Gasteiger partial charge in [-0.05, 0) is 68.1 Å². The van der Waals surface area contributed by atoms with Crippen LogP contribution in [0.15, 0.2) is 73.1 Å². The first-order valence-electron chi connectivity index (χ1n) is 12.2. The number of carboxylic acids is 1. The van der Waals surface area contributed by atoms with Gasteiger partial charge in [0.05, 0.1) is 5.41 Å². The van der Waals surface area contributed by atoms with Crippen LogP contribution in [0.4, 0.5) is 8.78 Å². The van der Waals surface area contributed by atoms with Gasteiger partial charge in [-0.2, -0.15) is 5.10 Å². The third-order valence-electron chi connectivity index (χ3n) is 6.41. The Morgan fingerprint density at radius 2 is 1.68 bits per heavy atom. The first kappa shape index (κ1) is 26.2. The number of nitrogens with one attached hydrogen (secondary N) is 1. The molecule has 0 bridgehead atoms. The fourth-order valence-electron chi connectivity index (χ4n) is 3.90. The average molecular weight is 505 g/mol. The first-order chi connectivity index (χ1) is 17.7. The van der Waals surface area contributed by atoms with Gasteiger partial charge >= 0.3 is 5.97 Å². The lowest BCUT2D eigenvalue weighted by Gasteiger charge is -2.18. The van der Waals surface area contributed by atoms with Crippen molar-refractivity contribution in [3.05, 3.63) is 95.8 Å². The van der Waals surface area contributed by atoms with Crippen molar-refractivity contribution in [3.8, 4) is 22.5 Å². The van der Waals surface area contributed by atoms with E-state index >= 15 is 0 Å². The van der Waals surface area contributed by atoms with Crippen LogP contribution in [0.25, 0.3) is 22.5 Å². The van der Waals surface area contributed by atoms with E-state index < -0.39 is 23.0 Å². The van der Waals surface area contributed by atoms with Crippen molar-refractivity contribution < 1.29 is 18.7 Å². The second kappa shape index (κ2) is 11.4. The Balaban J connectivity index is 1.43. The molecule has 8 heteroatoms. The monoisotopic (exact) mass is 504 g/mol. The van der Waals surface area contributed by atoms with Crippen molar-refractivity contribution in [2.24, 2.45) is 5.41 Å². The number of hydrogen-bond acceptors (Lipinski definition) is 4. The van der Waals surface area contributed by atoms with Crippen LogP contribution in [0.5, 0.6) is 0 Å². The zero-order chi connectivity index (χ0) is 26.4. The molecule has 0 radical (unpaired) electrons. The molecule has 1 heterocycles. The Morgan fingerprint density at radius 3 is 2.38 bits per heavy atom. The molecule has 192 valence electrons. The molecule has 4 aromatic rings. The van der Waals surface area contributed by atoms with Crippen molar-refractivity contribution in [3.63, 3.8) is 0 Å². The number of halogens is 2. The van der Waals surface area contributed by atoms with Gasteiger partial charge in [0.25, 0.3) is 0 Å². The fourth-order valence-corrected chi connectivity index (χ4v) is 3.90. The highest BCUT2D eigenvalue weighted by Gasteiger charge is 2.26. The van der Waals surface area contributed by atoms with Crippen LogP contribution in [-0.2, 0) is 24.3 Å². The number of aliphatic carboxylic acids is 1. The Hall–Kier alpha value is -3.91. The topological polar surface area (TPSA) is 80.0 Å². The van der Waals surface area contributed by atoms with E-state index in [1.807, 2.05) is 36.4 Å². The minimum Gasteiger partial charge on any atom is -0.481 e. The highest BCUT2D eigenvalue weighted by Crippen LogP contribution is 2.28. The zero-order valence-corrected chi connectivity index (χ0v) is 20.9. The Morgan fingerprint density at radius 1 is 0.973 bits per heavy atom. The number of nitrogens with zero attached hydrogens (tertiary/aromatic N) is 3. The molecule has 1 aromatic heterocycles. The summed E-state index contributed by atoms with van der Waals surface area (Å²) in [5.74, 6) is -1.61. The molecule has 0 aliphatic carbocycles. The lowest BCUT2D eigenvalue weighted by Crippen LogP contribution is -2.25. The molecule has 0 fully saturated rings. The Bertz CT molecular complexity index is 1350. The molecule has 4 rings (SSSR count). The number of rotatable bonds is 11. The second-order valence-electron chi connectivity index (χ2n) is 9.68. The summed E-state index contributed by atoms with van der Waals surface area (Å²) in [4.78, 5) is 15.7. The van der Waals surface area contributed by atoms with Crippen molar-refractivity contribution >= 4 is 5.97 Å². The van der Waals surface area contributed by atoms with Gasteiger partial charge in [0.15, 0.2) is 5.82 Å². The second-order valence-corrected chi connectivity index (χ2v) is 9.68. The maximum atomic E-state index is 14.9. The minimum atomic E-state index is -0.871. The molecule has 0 aliphatic heterocycles. The summed E-state index contributed by atoms with van der Waals surface area (Å²) in [5, 5.41) is 16.9. The highest BCUT2D eigenvalue weighted by atomic mass is 19.1. The summed E-state index contributed by atoms with van der Waals surface area (Å²) in [6.45, 7) is 4.45. The molecule has 0 saturated heterocycles. The lowest BCUT2D eigenvalue weighted by atomic mass is 9.90. The van der Waals surface area contributed by atoms with Crippen LogP contribution in [0.3, 0.4) is 0 Å². The van der Waals surface area contributed by atoms with Crippen molar-refractivity contribution in [1.82, 2.24) is 20.1 Å². The number of benzene rings is 3. The smallest absolute Gasteiger partial charge is 0.309 e. The number of hydrogen-bond donors (Lipinski definition) is 2. The highest BCUT2D eigenvalue weighted by molar-refractivity contribution is 5.73. The van der Waals surface area contributed by atoms with Gasteiger partial charge in [-0.1, -0.05) is 48.5 Å². The SMILES string of the molecule is CC(C)(CCn1cnc(-c2cccc(-c3cc(F)c(CNCCc4ccccc4)c(F)c3)c2)n1)C(=O)O. The number of aryl methyl sites for hydroxylation is 1. The average Bonchev–Trinajstić information content (AvgIpc) is 3.36. The predicted molar refractivity (Wildman–Crippen MR) is 139 cm³/mol. The van der Waals surface area contributed by atoms with Crippen molar-refractivity contribution in [2.45, 2.75) is 39.8 Å². The number of aromatic nitrogens is 3. The van der Waals surface area contributed by atoms with Gasteiger partial charge in [0.1, 0.15) is 18.0 Å². The van der Waals surface area contributed by atoms with Crippen LogP contribution in [0.1, 0.15) is 31.4 Å². The normalized spacial score (nSPS) is 11.6. The van der Waals surface area contributed by atoms with Gasteiger partial charge in [-0.15, -0.1) is 0 Å².